The van der Waals surface area contributed by atoms with Gasteiger partial charge in [0.1, 0.15) is 5.75 Å². The van der Waals surface area contributed by atoms with Crippen LogP contribution in [-0.2, 0) is 6.54 Å². The number of rotatable bonds is 4. The lowest BCUT2D eigenvalue weighted by Gasteiger charge is -2.12. The molecule has 2 N–H and O–H groups in total. The van der Waals surface area contributed by atoms with E-state index in [0.717, 1.165) is 23.8 Å². The fraction of sp³-hybridized carbons (Fsp3) is 0.500. The minimum Gasteiger partial charge on any atom is -0.493 e. The summed E-state index contributed by atoms with van der Waals surface area (Å²) in [6, 6.07) is 6.14. The molecule has 0 bridgehead atoms. The SMILES string of the molecule is Cc1cccc(CN)c1OCC1CC1. The standard InChI is InChI=1S/C12H17NO/c1-9-3-2-4-11(7-13)12(9)14-8-10-5-6-10/h2-4,10H,5-8,13H2,1H3. The Balaban J connectivity index is 2.11. The van der Waals surface area contributed by atoms with Gasteiger partial charge in [0.15, 0.2) is 0 Å². The van der Waals surface area contributed by atoms with E-state index in [2.05, 4.69) is 13.0 Å². The van der Waals surface area contributed by atoms with Crippen LogP contribution in [0.15, 0.2) is 18.2 Å². The zero-order valence-electron chi connectivity index (χ0n) is 8.62. The number of ether oxygens (including phenoxy) is 1. The Morgan fingerprint density at radius 3 is 2.86 bits per heavy atom. The maximum absolute atomic E-state index is 5.80. The van der Waals surface area contributed by atoms with Crippen molar-refractivity contribution in [2.24, 2.45) is 11.7 Å². The van der Waals surface area contributed by atoms with Gasteiger partial charge >= 0.3 is 0 Å². The van der Waals surface area contributed by atoms with Crippen LogP contribution in [0.1, 0.15) is 24.0 Å². The summed E-state index contributed by atoms with van der Waals surface area (Å²) in [7, 11) is 0. The summed E-state index contributed by atoms with van der Waals surface area (Å²) in [5.41, 5.74) is 7.97. The Morgan fingerprint density at radius 2 is 2.21 bits per heavy atom. The highest BCUT2D eigenvalue weighted by atomic mass is 16.5. The third-order valence-electron chi connectivity index (χ3n) is 2.67. The maximum atomic E-state index is 5.80. The molecule has 1 aliphatic rings. The van der Waals surface area contributed by atoms with Crippen LogP contribution in [0, 0.1) is 12.8 Å². The number of aryl methyl sites for hydroxylation is 1. The lowest BCUT2D eigenvalue weighted by atomic mass is 10.1. The maximum Gasteiger partial charge on any atom is 0.126 e. The molecule has 0 amide bonds. The highest BCUT2D eigenvalue weighted by Gasteiger charge is 2.22. The number of hydrogen-bond donors (Lipinski definition) is 1. The van der Waals surface area contributed by atoms with Gasteiger partial charge in [-0.15, -0.1) is 0 Å². The van der Waals surface area contributed by atoms with Gasteiger partial charge in [-0.1, -0.05) is 18.2 Å². The molecule has 76 valence electrons. The van der Waals surface area contributed by atoms with Crippen LogP contribution < -0.4 is 10.5 Å². The van der Waals surface area contributed by atoms with Gasteiger partial charge in [0.2, 0.25) is 0 Å². The quantitative estimate of drug-likeness (QED) is 0.792. The van der Waals surface area contributed by atoms with Crippen molar-refractivity contribution in [3.8, 4) is 5.75 Å². The predicted molar refractivity (Wildman–Crippen MR) is 57.3 cm³/mol. The third-order valence-corrected chi connectivity index (χ3v) is 2.67. The molecule has 1 saturated carbocycles. The first-order valence-corrected chi connectivity index (χ1v) is 5.22. The van der Waals surface area contributed by atoms with E-state index in [1.165, 1.54) is 18.4 Å². The van der Waals surface area contributed by atoms with E-state index in [-0.39, 0.29) is 0 Å². The Bertz CT molecular complexity index is 318. The summed E-state index contributed by atoms with van der Waals surface area (Å²) < 4.78 is 5.80. The van der Waals surface area contributed by atoms with Crippen LogP contribution in [0.4, 0.5) is 0 Å². The van der Waals surface area contributed by atoms with Crippen molar-refractivity contribution in [3.05, 3.63) is 29.3 Å². The van der Waals surface area contributed by atoms with Crippen LogP contribution in [0.5, 0.6) is 5.75 Å². The van der Waals surface area contributed by atoms with Crippen molar-refractivity contribution >= 4 is 0 Å². The number of para-hydroxylation sites is 1. The molecule has 1 fully saturated rings. The average Bonchev–Trinajstić information content (AvgIpc) is 2.99. The van der Waals surface area contributed by atoms with Gasteiger partial charge < -0.3 is 10.5 Å². The van der Waals surface area contributed by atoms with E-state index in [1.807, 2.05) is 12.1 Å². The molecule has 1 aromatic carbocycles. The molecule has 14 heavy (non-hydrogen) atoms. The fourth-order valence-electron chi connectivity index (χ4n) is 1.57. The summed E-state index contributed by atoms with van der Waals surface area (Å²) >= 11 is 0. The summed E-state index contributed by atoms with van der Waals surface area (Å²) in [5.74, 6) is 1.79. The second-order valence-electron chi connectivity index (χ2n) is 4.02. The van der Waals surface area contributed by atoms with E-state index >= 15 is 0 Å². The van der Waals surface area contributed by atoms with Gasteiger partial charge in [-0.3, -0.25) is 0 Å². The monoisotopic (exact) mass is 191 g/mol. The van der Waals surface area contributed by atoms with Crippen molar-refractivity contribution in [3.63, 3.8) is 0 Å². The zero-order chi connectivity index (χ0) is 9.97. The van der Waals surface area contributed by atoms with Crippen molar-refractivity contribution in [2.45, 2.75) is 26.3 Å². The van der Waals surface area contributed by atoms with Crippen LogP contribution in [0.25, 0.3) is 0 Å². The van der Waals surface area contributed by atoms with E-state index in [4.69, 9.17) is 10.5 Å². The topological polar surface area (TPSA) is 35.2 Å². The highest BCUT2D eigenvalue weighted by molar-refractivity contribution is 5.40. The molecule has 1 aliphatic carbocycles. The van der Waals surface area contributed by atoms with Crippen molar-refractivity contribution in [2.75, 3.05) is 6.61 Å². The summed E-state index contributed by atoms with van der Waals surface area (Å²) in [6.45, 7) is 3.49. The first kappa shape index (κ1) is 9.53. The van der Waals surface area contributed by atoms with E-state index in [0.29, 0.717) is 6.54 Å². The molecule has 0 saturated heterocycles. The number of hydrogen-bond acceptors (Lipinski definition) is 2. The Labute approximate surface area is 85.1 Å². The predicted octanol–water partition coefficient (Wildman–Crippen LogP) is 2.24. The molecule has 2 rings (SSSR count). The lowest BCUT2D eigenvalue weighted by Crippen LogP contribution is -2.06. The molecule has 0 atom stereocenters. The molecule has 0 aromatic heterocycles. The van der Waals surface area contributed by atoms with Gasteiger partial charge in [0.25, 0.3) is 0 Å². The second-order valence-corrected chi connectivity index (χ2v) is 4.02. The Kier molecular flexibility index (Phi) is 2.73. The van der Waals surface area contributed by atoms with Crippen molar-refractivity contribution in [1.82, 2.24) is 0 Å². The van der Waals surface area contributed by atoms with Gasteiger partial charge in [-0.2, -0.15) is 0 Å². The third kappa shape index (κ3) is 2.07. The minimum atomic E-state index is 0.557. The number of nitrogens with two attached hydrogens (primary N) is 1. The molecular weight excluding hydrogens is 174 g/mol. The normalized spacial score (nSPS) is 15.6. The van der Waals surface area contributed by atoms with Crippen LogP contribution in [0.3, 0.4) is 0 Å². The van der Waals surface area contributed by atoms with Crippen LogP contribution >= 0.6 is 0 Å². The molecule has 2 nitrogen and oxygen atoms in total. The largest absolute Gasteiger partial charge is 0.493 e. The van der Waals surface area contributed by atoms with Gasteiger partial charge in [-0.05, 0) is 31.2 Å². The summed E-state index contributed by atoms with van der Waals surface area (Å²) in [4.78, 5) is 0. The smallest absolute Gasteiger partial charge is 0.126 e. The first-order chi connectivity index (χ1) is 6.81. The van der Waals surface area contributed by atoms with E-state index in [9.17, 15) is 0 Å². The first-order valence-electron chi connectivity index (χ1n) is 5.22. The second kappa shape index (κ2) is 4.01. The molecule has 0 unspecified atom stereocenters. The number of benzene rings is 1. The van der Waals surface area contributed by atoms with Gasteiger partial charge in [0, 0.05) is 12.1 Å². The fourth-order valence-corrected chi connectivity index (χ4v) is 1.57. The van der Waals surface area contributed by atoms with E-state index in [1.54, 1.807) is 0 Å². The summed E-state index contributed by atoms with van der Waals surface area (Å²) in [5, 5.41) is 0. The molecule has 2 heteroatoms. The van der Waals surface area contributed by atoms with Crippen LogP contribution in [0.2, 0.25) is 0 Å². The summed E-state index contributed by atoms with van der Waals surface area (Å²) in [6.07, 6.45) is 2.65. The lowest BCUT2D eigenvalue weighted by molar-refractivity contribution is 0.295. The van der Waals surface area contributed by atoms with Crippen LogP contribution in [-0.4, -0.2) is 6.61 Å². The molecule has 0 spiro atoms. The Morgan fingerprint density at radius 1 is 1.43 bits per heavy atom. The van der Waals surface area contributed by atoms with E-state index < -0.39 is 0 Å². The Hall–Kier alpha value is -1.02. The average molecular weight is 191 g/mol. The molecule has 0 heterocycles. The zero-order valence-corrected chi connectivity index (χ0v) is 8.62. The highest BCUT2D eigenvalue weighted by Crippen LogP contribution is 2.31. The van der Waals surface area contributed by atoms with Crippen molar-refractivity contribution in [1.29, 1.82) is 0 Å². The molecular formula is C12H17NO. The molecule has 0 radical (unpaired) electrons. The molecule has 0 aliphatic heterocycles. The molecule has 1 aromatic rings. The van der Waals surface area contributed by atoms with Crippen molar-refractivity contribution < 1.29 is 4.74 Å². The minimum absolute atomic E-state index is 0.557. The van der Waals surface area contributed by atoms with Gasteiger partial charge in [-0.25, -0.2) is 0 Å². The van der Waals surface area contributed by atoms with Gasteiger partial charge in [0.05, 0.1) is 6.61 Å².